The number of ketones is 1. The highest BCUT2D eigenvalue weighted by molar-refractivity contribution is 5.82. The second kappa shape index (κ2) is 6.05. The van der Waals surface area contributed by atoms with Gasteiger partial charge in [0.05, 0.1) is 0 Å². The van der Waals surface area contributed by atoms with Crippen LogP contribution in [-0.2, 0) is 4.79 Å². The summed E-state index contributed by atoms with van der Waals surface area (Å²) in [5, 5.41) is 0. The molecule has 0 saturated heterocycles. The topological polar surface area (TPSA) is 69.1 Å². The first-order valence-corrected chi connectivity index (χ1v) is 10.8. The summed E-state index contributed by atoms with van der Waals surface area (Å²) in [5.74, 6) is 4.57. The first kappa shape index (κ1) is 18.0. The molecule has 2 unspecified atom stereocenters. The van der Waals surface area contributed by atoms with E-state index in [1.165, 1.54) is 38.5 Å². The summed E-state index contributed by atoms with van der Waals surface area (Å²) in [7, 11) is 0. The summed E-state index contributed by atoms with van der Waals surface area (Å²) in [6.45, 7) is 7.91. The average Bonchev–Trinajstić information content (AvgIpc) is 2.95. The molecule has 4 saturated carbocycles. The Hall–Kier alpha value is -0.410. The van der Waals surface area contributed by atoms with Crippen LogP contribution in [0.15, 0.2) is 0 Å². The molecular weight excluding hydrogens is 308 g/mol. The molecule has 4 aliphatic rings. The molecule has 0 heterocycles. The van der Waals surface area contributed by atoms with Crippen molar-refractivity contribution in [3.63, 3.8) is 0 Å². The lowest BCUT2D eigenvalue weighted by molar-refractivity contribution is -0.150. The minimum Gasteiger partial charge on any atom is -0.329 e. The molecule has 25 heavy (non-hydrogen) atoms. The molecule has 4 N–H and O–H groups in total. The molecule has 4 fully saturated rings. The zero-order valence-corrected chi connectivity index (χ0v) is 16.5. The van der Waals surface area contributed by atoms with Crippen LogP contribution in [0, 0.1) is 46.3 Å². The minimum atomic E-state index is 0.172. The van der Waals surface area contributed by atoms with Gasteiger partial charge in [0.1, 0.15) is 5.78 Å². The summed E-state index contributed by atoms with van der Waals surface area (Å²) in [5.41, 5.74) is 13.2. The van der Waals surface area contributed by atoms with E-state index in [0.29, 0.717) is 35.0 Å². The lowest BCUT2D eigenvalue weighted by Crippen LogP contribution is -2.56. The van der Waals surface area contributed by atoms with Crippen LogP contribution in [0.25, 0.3) is 0 Å². The van der Waals surface area contributed by atoms with Crippen molar-refractivity contribution in [1.82, 2.24) is 0 Å². The molecule has 0 aromatic heterocycles. The third-order valence-electron chi connectivity index (χ3n) is 9.83. The van der Waals surface area contributed by atoms with Gasteiger partial charge >= 0.3 is 0 Å². The summed E-state index contributed by atoms with van der Waals surface area (Å²) >= 11 is 0. The fourth-order valence-corrected chi connectivity index (χ4v) is 8.43. The number of rotatable bonds is 2. The normalized spacial score (nSPS) is 53.7. The molecule has 0 bridgehead atoms. The molecule has 0 aromatic carbocycles. The summed E-state index contributed by atoms with van der Waals surface area (Å²) in [4.78, 5) is 12.3. The standard InChI is InChI=1S/C22H38N2O/c1-13-15-5-4-14-16-6-7-18(19(24)12-23)22(16,3)10-8-17(14)21(15,2)11-9-20(13)25/h13-19H,4-12,23-24H2,1-3H3/t13?,14-,15-,16-,17-,18+,19?,21-,22-/m0/s1. The second-order valence-electron chi connectivity index (χ2n) is 10.4. The minimum absolute atomic E-state index is 0.172. The van der Waals surface area contributed by atoms with Gasteiger partial charge in [-0.2, -0.15) is 0 Å². The predicted octanol–water partition coefficient (Wildman–Crippen LogP) is 3.75. The van der Waals surface area contributed by atoms with Crippen molar-refractivity contribution >= 4 is 5.78 Å². The Bertz CT molecular complexity index is 548. The highest BCUT2D eigenvalue weighted by atomic mass is 16.1. The molecule has 142 valence electrons. The van der Waals surface area contributed by atoms with E-state index in [-0.39, 0.29) is 12.0 Å². The first-order chi connectivity index (χ1) is 11.8. The van der Waals surface area contributed by atoms with Gasteiger partial charge in [-0.1, -0.05) is 20.8 Å². The number of hydrogen-bond acceptors (Lipinski definition) is 3. The fourth-order valence-electron chi connectivity index (χ4n) is 8.43. The number of carbonyl (C=O) groups is 1. The first-order valence-electron chi connectivity index (χ1n) is 10.8. The molecule has 0 amide bonds. The van der Waals surface area contributed by atoms with E-state index < -0.39 is 0 Å². The number of Topliss-reactive ketones (excluding diaryl/α,β-unsaturated/α-hetero) is 1. The number of nitrogens with two attached hydrogens (primary N) is 2. The van der Waals surface area contributed by atoms with E-state index >= 15 is 0 Å². The second-order valence-corrected chi connectivity index (χ2v) is 10.4. The van der Waals surface area contributed by atoms with Crippen molar-refractivity contribution in [2.24, 2.45) is 57.8 Å². The Labute approximate surface area is 153 Å². The Balaban J connectivity index is 1.61. The monoisotopic (exact) mass is 346 g/mol. The number of fused-ring (bicyclic) bond motifs is 5. The molecule has 0 radical (unpaired) electrons. The van der Waals surface area contributed by atoms with E-state index in [1.807, 2.05) is 0 Å². The van der Waals surface area contributed by atoms with E-state index in [4.69, 9.17) is 11.5 Å². The molecule has 3 nitrogen and oxygen atoms in total. The lowest BCUT2D eigenvalue weighted by atomic mass is 9.43. The van der Waals surface area contributed by atoms with E-state index in [9.17, 15) is 4.79 Å². The largest absolute Gasteiger partial charge is 0.329 e. The van der Waals surface area contributed by atoms with E-state index in [0.717, 1.165) is 30.6 Å². The number of carbonyl (C=O) groups excluding carboxylic acids is 1. The van der Waals surface area contributed by atoms with Crippen LogP contribution in [0.4, 0.5) is 0 Å². The quantitative estimate of drug-likeness (QED) is 0.800. The van der Waals surface area contributed by atoms with Gasteiger partial charge in [0.15, 0.2) is 0 Å². The van der Waals surface area contributed by atoms with Crippen LogP contribution in [0.3, 0.4) is 0 Å². The van der Waals surface area contributed by atoms with Crippen LogP contribution < -0.4 is 11.5 Å². The maximum Gasteiger partial charge on any atom is 0.136 e. The highest BCUT2D eigenvalue weighted by Crippen LogP contribution is 2.67. The molecule has 3 heteroatoms. The van der Waals surface area contributed by atoms with Gasteiger partial charge in [-0.25, -0.2) is 0 Å². The van der Waals surface area contributed by atoms with Crippen molar-refractivity contribution in [3.8, 4) is 0 Å². The third-order valence-corrected chi connectivity index (χ3v) is 9.83. The molecule has 0 aromatic rings. The average molecular weight is 347 g/mol. The Morgan fingerprint density at radius 1 is 1.00 bits per heavy atom. The predicted molar refractivity (Wildman–Crippen MR) is 102 cm³/mol. The highest BCUT2D eigenvalue weighted by Gasteiger charge is 2.61. The third kappa shape index (κ3) is 2.41. The van der Waals surface area contributed by atoms with Crippen molar-refractivity contribution in [1.29, 1.82) is 0 Å². The molecular formula is C22H38N2O. The zero-order chi connectivity index (χ0) is 18.0. The molecule has 0 spiro atoms. The van der Waals surface area contributed by atoms with Crippen molar-refractivity contribution < 1.29 is 4.79 Å². The van der Waals surface area contributed by atoms with Gasteiger partial charge in [-0.15, -0.1) is 0 Å². The maximum absolute atomic E-state index is 12.3. The van der Waals surface area contributed by atoms with Crippen LogP contribution in [0.1, 0.15) is 72.1 Å². The Kier molecular flexibility index (Phi) is 4.35. The molecule has 4 rings (SSSR count). The maximum atomic E-state index is 12.3. The molecule has 4 aliphatic carbocycles. The van der Waals surface area contributed by atoms with Gasteiger partial charge in [0.2, 0.25) is 0 Å². The van der Waals surface area contributed by atoms with Gasteiger partial charge in [-0.05, 0) is 85.4 Å². The molecule has 9 atom stereocenters. The summed E-state index contributed by atoms with van der Waals surface area (Å²) in [6, 6.07) is 0.172. The molecule has 0 aliphatic heterocycles. The van der Waals surface area contributed by atoms with Crippen LogP contribution in [-0.4, -0.2) is 18.4 Å². The lowest BCUT2D eigenvalue weighted by Gasteiger charge is -2.61. The smallest absolute Gasteiger partial charge is 0.136 e. The van der Waals surface area contributed by atoms with Crippen LogP contribution in [0.2, 0.25) is 0 Å². The zero-order valence-electron chi connectivity index (χ0n) is 16.5. The fraction of sp³-hybridized carbons (Fsp3) is 0.955. The van der Waals surface area contributed by atoms with E-state index in [1.54, 1.807) is 0 Å². The van der Waals surface area contributed by atoms with Gasteiger partial charge < -0.3 is 11.5 Å². The summed E-state index contributed by atoms with van der Waals surface area (Å²) < 4.78 is 0. The van der Waals surface area contributed by atoms with E-state index in [2.05, 4.69) is 20.8 Å². The van der Waals surface area contributed by atoms with Crippen molar-refractivity contribution in [2.75, 3.05) is 6.54 Å². The van der Waals surface area contributed by atoms with Gasteiger partial charge in [0.25, 0.3) is 0 Å². The SMILES string of the molecule is CC1C(=O)CC[C@@]2(C)[C@H]1CC[C@@H]1[C@@H]2CC[C@]2(C)[C@@H](C(N)CN)CC[C@@H]12. The van der Waals surface area contributed by atoms with Crippen molar-refractivity contribution in [3.05, 3.63) is 0 Å². The Morgan fingerprint density at radius 3 is 2.40 bits per heavy atom. The number of hydrogen-bond donors (Lipinski definition) is 2. The van der Waals surface area contributed by atoms with Crippen molar-refractivity contribution in [2.45, 2.75) is 78.2 Å². The van der Waals surface area contributed by atoms with Gasteiger partial charge in [0, 0.05) is 24.9 Å². The Morgan fingerprint density at radius 2 is 1.68 bits per heavy atom. The van der Waals surface area contributed by atoms with Crippen LogP contribution in [0.5, 0.6) is 0 Å². The van der Waals surface area contributed by atoms with Gasteiger partial charge in [-0.3, -0.25) is 4.79 Å². The van der Waals surface area contributed by atoms with Crippen LogP contribution >= 0.6 is 0 Å². The summed E-state index contributed by atoms with van der Waals surface area (Å²) in [6.07, 6.45) is 9.86.